The van der Waals surface area contributed by atoms with E-state index < -0.39 is 0 Å². The molecule has 2 fully saturated rings. The lowest BCUT2D eigenvalue weighted by Gasteiger charge is -2.35. The number of nitrogens with one attached hydrogen (secondary N) is 1. The monoisotopic (exact) mass is 292 g/mol. The minimum Gasteiger partial charge on any atom is -0.336 e. The van der Waals surface area contributed by atoms with E-state index in [-0.39, 0.29) is 18.0 Å². The SMILES string of the molecule is O=C(CN1CCCC[C@@H]1Cn1cncn1)N1CCNC1=O. The molecule has 0 radical (unpaired) electrons. The molecule has 0 aliphatic carbocycles. The molecule has 2 aliphatic heterocycles. The standard InChI is InChI=1S/C13H20N6O2/c20-12(19-6-4-15-13(19)21)8-17-5-2-1-3-11(17)7-18-10-14-9-16-18/h9-11H,1-8H2,(H,15,21)/t11-/m1/s1. The van der Waals surface area contributed by atoms with Gasteiger partial charge in [0.1, 0.15) is 12.7 Å². The second-order valence-corrected chi connectivity index (χ2v) is 5.51. The van der Waals surface area contributed by atoms with Crippen LogP contribution in [0.4, 0.5) is 4.79 Å². The van der Waals surface area contributed by atoms with Crippen LogP contribution in [0.3, 0.4) is 0 Å². The minimum atomic E-state index is -0.273. The molecule has 8 heteroatoms. The van der Waals surface area contributed by atoms with Gasteiger partial charge < -0.3 is 5.32 Å². The Morgan fingerprint density at radius 3 is 3.00 bits per heavy atom. The van der Waals surface area contributed by atoms with E-state index in [0.717, 1.165) is 32.4 Å². The molecule has 1 atom stereocenters. The van der Waals surface area contributed by atoms with Crippen molar-refractivity contribution in [3.05, 3.63) is 12.7 Å². The Balaban J connectivity index is 1.61. The molecule has 0 aromatic carbocycles. The molecular formula is C13H20N6O2. The summed E-state index contributed by atoms with van der Waals surface area (Å²) < 4.78 is 1.80. The fourth-order valence-corrected chi connectivity index (χ4v) is 2.99. The Kier molecular flexibility index (Phi) is 4.14. The van der Waals surface area contributed by atoms with E-state index >= 15 is 0 Å². The third-order valence-electron chi connectivity index (χ3n) is 4.11. The topological polar surface area (TPSA) is 83.4 Å². The molecule has 0 unspecified atom stereocenters. The van der Waals surface area contributed by atoms with E-state index in [1.165, 1.54) is 11.2 Å². The molecule has 1 aromatic heterocycles. The summed E-state index contributed by atoms with van der Waals surface area (Å²) in [6.07, 6.45) is 6.51. The molecule has 0 spiro atoms. The zero-order chi connectivity index (χ0) is 14.7. The van der Waals surface area contributed by atoms with Crippen LogP contribution in [0.25, 0.3) is 0 Å². The highest BCUT2D eigenvalue weighted by atomic mass is 16.2. The molecule has 1 aromatic rings. The predicted octanol–water partition coefficient (Wildman–Crippen LogP) is -0.316. The molecule has 3 heterocycles. The molecule has 0 saturated carbocycles. The quantitative estimate of drug-likeness (QED) is 0.822. The van der Waals surface area contributed by atoms with Crippen LogP contribution < -0.4 is 5.32 Å². The van der Waals surface area contributed by atoms with Gasteiger partial charge in [0.05, 0.1) is 13.1 Å². The molecule has 1 N–H and O–H groups in total. The van der Waals surface area contributed by atoms with Gasteiger partial charge in [-0.25, -0.2) is 9.78 Å². The van der Waals surface area contributed by atoms with Crippen molar-refractivity contribution in [3.8, 4) is 0 Å². The van der Waals surface area contributed by atoms with Gasteiger partial charge in [0.15, 0.2) is 0 Å². The van der Waals surface area contributed by atoms with Crippen LogP contribution in [0.5, 0.6) is 0 Å². The predicted molar refractivity (Wildman–Crippen MR) is 74.3 cm³/mol. The van der Waals surface area contributed by atoms with Crippen LogP contribution in [0.15, 0.2) is 12.7 Å². The summed E-state index contributed by atoms with van der Waals surface area (Å²) >= 11 is 0. The third-order valence-corrected chi connectivity index (χ3v) is 4.11. The summed E-state index contributed by atoms with van der Waals surface area (Å²) in [5.41, 5.74) is 0. The number of hydrogen-bond acceptors (Lipinski definition) is 5. The summed E-state index contributed by atoms with van der Waals surface area (Å²) in [5.74, 6) is -0.115. The zero-order valence-electron chi connectivity index (χ0n) is 11.9. The number of rotatable bonds is 4. The van der Waals surface area contributed by atoms with E-state index in [2.05, 4.69) is 20.3 Å². The number of urea groups is 1. The molecule has 3 amide bonds. The van der Waals surface area contributed by atoms with E-state index in [1.54, 1.807) is 11.0 Å². The molecular weight excluding hydrogens is 272 g/mol. The van der Waals surface area contributed by atoms with Gasteiger partial charge in [-0.2, -0.15) is 5.10 Å². The van der Waals surface area contributed by atoms with Crippen LogP contribution >= 0.6 is 0 Å². The number of likely N-dealkylation sites (tertiary alicyclic amines) is 1. The Morgan fingerprint density at radius 1 is 1.38 bits per heavy atom. The van der Waals surface area contributed by atoms with E-state index in [0.29, 0.717) is 19.6 Å². The van der Waals surface area contributed by atoms with Crippen molar-refractivity contribution in [1.29, 1.82) is 0 Å². The van der Waals surface area contributed by atoms with Crippen LogP contribution in [0.2, 0.25) is 0 Å². The maximum Gasteiger partial charge on any atom is 0.324 e. The number of nitrogens with zero attached hydrogens (tertiary/aromatic N) is 5. The van der Waals surface area contributed by atoms with Gasteiger partial charge in [-0.15, -0.1) is 0 Å². The fourth-order valence-electron chi connectivity index (χ4n) is 2.99. The molecule has 0 bridgehead atoms. The number of carbonyl (C=O) groups is 2. The average molecular weight is 292 g/mol. The number of carbonyl (C=O) groups excluding carboxylic acids is 2. The van der Waals surface area contributed by atoms with Gasteiger partial charge >= 0.3 is 6.03 Å². The molecule has 8 nitrogen and oxygen atoms in total. The summed E-state index contributed by atoms with van der Waals surface area (Å²) in [6, 6.07) is -0.0000926. The molecule has 3 rings (SSSR count). The molecule has 114 valence electrons. The second-order valence-electron chi connectivity index (χ2n) is 5.51. The van der Waals surface area contributed by atoms with Crippen molar-refractivity contribution < 1.29 is 9.59 Å². The summed E-state index contributed by atoms with van der Waals surface area (Å²) in [5, 5.41) is 6.79. The van der Waals surface area contributed by atoms with Gasteiger partial charge in [-0.1, -0.05) is 6.42 Å². The van der Waals surface area contributed by atoms with Crippen LogP contribution in [-0.2, 0) is 11.3 Å². The number of amides is 3. The largest absolute Gasteiger partial charge is 0.336 e. The summed E-state index contributed by atoms with van der Waals surface area (Å²) in [7, 11) is 0. The Labute approximate surface area is 123 Å². The maximum absolute atomic E-state index is 12.3. The van der Waals surface area contributed by atoms with Crippen LogP contribution in [-0.4, -0.2) is 68.7 Å². The Bertz CT molecular complexity index is 503. The van der Waals surface area contributed by atoms with Crippen LogP contribution in [0, 0.1) is 0 Å². The highest BCUT2D eigenvalue weighted by Crippen LogP contribution is 2.18. The highest BCUT2D eigenvalue weighted by Gasteiger charge is 2.30. The smallest absolute Gasteiger partial charge is 0.324 e. The highest BCUT2D eigenvalue weighted by molar-refractivity contribution is 5.96. The first-order valence-electron chi connectivity index (χ1n) is 7.38. The number of piperidine rings is 1. The Hall–Kier alpha value is -1.96. The summed E-state index contributed by atoms with van der Waals surface area (Å²) in [4.78, 5) is 31.2. The van der Waals surface area contributed by atoms with Gasteiger partial charge in [0.25, 0.3) is 0 Å². The minimum absolute atomic E-state index is 0.115. The van der Waals surface area contributed by atoms with Crippen molar-refractivity contribution in [1.82, 2.24) is 29.9 Å². The lowest BCUT2D eigenvalue weighted by Crippen LogP contribution is -2.48. The molecule has 21 heavy (non-hydrogen) atoms. The third kappa shape index (κ3) is 3.21. The lowest BCUT2D eigenvalue weighted by molar-refractivity contribution is -0.129. The Morgan fingerprint density at radius 2 is 2.29 bits per heavy atom. The first-order valence-corrected chi connectivity index (χ1v) is 7.38. The van der Waals surface area contributed by atoms with Gasteiger partial charge in [0, 0.05) is 19.1 Å². The van der Waals surface area contributed by atoms with Gasteiger partial charge in [-0.3, -0.25) is 19.3 Å². The maximum atomic E-state index is 12.3. The summed E-state index contributed by atoms with van der Waals surface area (Å²) in [6.45, 7) is 2.94. The first-order chi connectivity index (χ1) is 10.2. The number of imide groups is 1. The fraction of sp³-hybridized carbons (Fsp3) is 0.692. The average Bonchev–Trinajstić information content (AvgIpc) is 3.12. The lowest BCUT2D eigenvalue weighted by atomic mass is 10.0. The van der Waals surface area contributed by atoms with Gasteiger partial charge in [0.2, 0.25) is 5.91 Å². The van der Waals surface area contributed by atoms with E-state index in [1.807, 2.05) is 0 Å². The van der Waals surface area contributed by atoms with Gasteiger partial charge in [-0.05, 0) is 19.4 Å². The number of aromatic nitrogens is 3. The van der Waals surface area contributed by atoms with Crippen molar-refractivity contribution in [2.24, 2.45) is 0 Å². The molecule has 2 aliphatic rings. The molecule has 2 saturated heterocycles. The first kappa shape index (κ1) is 14.0. The van der Waals surface area contributed by atoms with Crippen molar-refractivity contribution in [2.75, 3.05) is 26.2 Å². The van der Waals surface area contributed by atoms with Crippen molar-refractivity contribution in [3.63, 3.8) is 0 Å². The number of hydrogen-bond donors (Lipinski definition) is 1. The zero-order valence-corrected chi connectivity index (χ0v) is 11.9. The van der Waals surface area contributed by atoms with Crippen molar-refractivity contribution in [2.45, 2.75) is 31.8 Å². The van der Waals surface area contributed by atoms with E-state index in [9.17, 15) is 9.59 Å². The van der Waals surface area contributed by atoms with E-state index in [4.69, 9.17) is 0 Å². The van der Waals surface area contributed by atoms with Crippen LogP contribution in [0.1, 0.15) is 19.3 Å². The normalized spacial score (nSPS) is 23.3. The second kappa shape index (κ2) is 6.21. The van der Waals surface area contributed by atoms with Crippen molar-refractivity contribution >= 4 is 11.9 Å².